The van der Waals surface area contributed by atoms with E-state index in [0.717, 1.165) is 32.1 Å². The Labute approximate surface area is 203 Å². The number of aliphatic hydroxyl groups is 3. The monoisotopic (exact) mass is 460 g/mol. The molecule has 9 atom stereocenters. The number of aliphatic hydroxyl groups excluding tert-OH is 2. The minimum Gasteiger partial charge on any atom is -0.393 e. The van der Waals surface area contributed by atoms with Gasteiger partial charge in [0.05, 0.1) is 17.8 Å². The van der Waals surface area contributed by atoms with E-state index in [1.807, 2.05) is 13.8 Å². The number of hydrogen-bond donors (Lipinski definition) is 3. The van der Waals surface area contributed by atoms with Crippen LogP contribution in [0.25, 0.3) is 0 Å². The molecule has 3 nitrogen and oxygen atoms in total. The zero-order valence-corrected chi connectivity index (χ0v) is 22.7. The molecule has 0 aromatic carbocycles. The lowest BCUT2D eigenvalue weighted by Gasteiger charge is -2.70. The van der Waals surface area contributed by atoms with Gasteiger partial charge in [-0.1, -0.05) is 46.3 Å². The summed E-state index contributed by atoms with van der Waals surface area (Å²) in [5.74, 6) is 1.84. The molecule has 0 amide bonds. The van der Waals surface area contributed by atoms with Crippen molar-refractivity contribution in [3.63, 3.8) is 0 Å². The fourth-order valence-electron chi connectivity index (χ4n) is 10.1. The first-order chi connectivity index (χ1) is 15.1. The maximum Gasteiger partial charge on any atom is 0.0594 e. The molecule has 0 heterocycles. The lowest BCUT2D eigenvalue weighted by molar-refractivity contribution is -0.240. The molecule has 3 heteroatoms. The van der Waals surface area contributed by atoms with Gasteiger partial charge >= 0.3 is 0 Å². The fraction of sp³-hybridized carbons (Fsp3) is 0.933. The topological polar surface area (TPSA) is 60.7 Å². The van der Waals surface area contributed by atoms with Gasteiger partial charge in [-0.2, -0.15) is 0 Å². The molecule has 0 spiro atoms. The largest absolute Gasteiger partial charge is 0.393 e. The third-order valence-electron chi connectivity index (χ3n) is 12.2. The Kier molecular flexibility index (Phi) is 6.28. The predicted octanol–water partition coefficient (Wildman–Crippen LogP) is 6.50. The Bertz CT molecular complexity index is 778. The van der Waals surface area contributed by atoms with Crippen molar-refractivity contribution in [2.45, 2.75) is 131 Å². The summed E-state index contributed by atoms with van der Waals surface area (Å²) >= 11 is 0. The summed E-state index contributed by atoms with van der Waals surface area (Å²) < 4.78 is 0. The van der Waals surface area contributed by atoms with Crippen LogP contribution in [0.2, 0.25) is 0 Å². The molecule has 4 aliphatic carbocycles. The van der Waals surface area contributed by atoms with Crippen molar-refractivity contribution < 1.29 is 15.3 Å². The minimum atomic E-state index is -0.624. The molecule has 0 radical (unpaired) electrons. The molecular formula is C30H52O3. The van der Waals surface area contributed by atoms with E-state index in [0.29, 0.717) is 23.7 Å². The Morgan fingerprint density at radius 1 is 0.909 bits per heavy atom. The third kappa shape index (κ3) is 3.78. The van der Waals surface area contributed by atoms with Crippen LogP contribution in [-0.2, 0) is 0 Å². The van der Waals surface area contributed by atoms with Gasteiger partial charge in [0.2, 0.25) is 0 Å². The van der Waals surface area contributed by atoms with Crippen LogP contribution in [0.5, 0.6) is 0 Å². The van der Waals surface area contributed by atoms with Gasteiger partial charge < -0.3 is 15.3 Å². The van der Waals surface area contributed by atoms with E-state index in [-0.39, 0.29) is 33.9 Å². The van der Waals surface area contributed by atoms with Gasteiger partial charge in [0.15, 0.2) is 0 Å². The van der Waals surface area contributed by atoms with Gasteiger partial charge in [-0.15, -0.1) is 0 Å². The molecule has 0 aromatic rings. The van der Waals surface area contributed by atoms with Crippen LogP contribution in [0, 0.1) is 45.3 Å². The second-order valence-corrected chi connectivity index (χ2v) is 14.6. The van der Waals surface area contributed by atoms with Gasteiger partial charge in [-0.3, -0.25) is 0 Å². The maximum atomic E-state index is 11.7. The molecule has 0 bridgehead atoms. The standard InChI is InChI=1S/C30H52O3/c1-19(10-9-14-26(2,3)33)20-11-16-30(8)25(20)21(31)18-23-28(6)15-13-24(32)27(4,5)22(28)12-17-29(23,30)7/h10,20-25,31-33H,9,11-18H2,1-8H3/b19-10+/t20?,21-,22?,23?,24+,25?,28+,29-,30-/m1/s1. The molecule has 4 rings (SSSR count). The van der Waals surface area contributed by atoms with Crippen molar-refractivity contribution in [2.24, 2.45) is 45.3 Å². The molecule has 4 fully saturated rings. The summed E-state index contributed by atoms with van der Waals surface area (Å²) in [6, 6.07) is 0. The predicted molar refractivity (Wildman–Crippen MR) is 136 cm³/mol. The van der Waals surface area contributed by atoms with Gasteiger partial charge in [0.25, 0.3) is 0 Å². The average Bonchev–Trinajstić information content (AvgIpc) is 3.06. The normalized spacial score (nSPS) is 49.8. The zero-order valence-electron chi connectivity index (χ0n) is 22.7. The van der Waals surface area contributed by atoms with E-state index in [1.54, 1.807) is 0 Å². The van der Waals surface area contributed by atoms with Crippen LogP contribution in [0.4, 0.5) is 0 Å². The summed E-state index contributed by atoms with van der Waals surface area (Å²) in [7, 11) is 0. The molecule has 0 aliphatic heterocycles. The maximum absolute atomic E-state index is 11.7. The minimum absolute atomic E-state index is 0.0466. The molecule has 190 valence electrons. The quantitative estimate of drug-likeness (QED) is 0.420. The van der Waals surface area contributed by atoms with Crippen LogP contribution in [-0.4, -0.2) is 33.1 Å². The molecule has 4 saturated carbocycles. The first-order valence-electron chi connectivity index (χ1n) is 13.8. The third-order valence-corrected chi connectivity index (χ3v) is 12.2. The van der Waals surface area contributed by atoms with Crippen molar-refractivity contribution in [3.8, 4) is 0 Å². The number of fused-ring (bicyclic) bond motifs is 5. The first kappa shape index (κ1) is 25.7. The van der Waals surface area contributed by atoms with Crippen LogP contribution in [0.1, 0.15) is 113 Å². The number of hydrogen-bond acceptors (Lipinski definition) is 3. The van der Waals surface area contributed by atoms with Crippen molar-refractivity contribution in [2.75, 3.05) is 0 Å². The van der Waals surface area contributed by atoms with E-state index in [9.17, 15) is 15.3 Å². The van der Waals surface area contributed by atoms with Crippen molar-refractivity contribution in [1.29, 1.82) is 0 Å². The number of rotatable bonds is 4. The summed E-state index contributed by atoms with van der Waals surface area (Å²) in [5.41, 5.74) is 1.34. The first-order valence-corrected chi connectivity index (χ1v) is 13.8. The van der Waals surface area contributed by atoms with Gasteiger partial charge in [-0.05, 0) is 124 Å². The molecule has 33 heavy (non-hydrogen) atoms. The van der Waals surface area contributed by atoms with Crippen molar-refractivity contribution in [3.05, 3.63) is 11.6 Å². The van der Waals surface area contributed by atoms with Crippen LogP contribution in [0.3, 0.4) is 0 Å². The summed E-state index contributed by atoms with van der Waals surface area (Å²) in [6.07, 6.45) is 11.3. The Morgan fingerprint density at radius 2 is 1.55 bits per heavy atom. The lowest BCUT2D eigenvalue weighted by Crippen LogP contribution is -2.66. The van der Waals surface area contributed by atoms with Crippen LogP contribution >= 0.6 is 0 Å². The molecule has 4 aliphatic rings. The highest BCUT2D eigenvalue weighted by Gasteiger charge is 2.70. The summed E-state index contributed by atoms with van der Waals surface area (Å²) in [4.78, 5) is 0. The lowest BCUT2D eigenvalue weighted by atomic mass is 9.35. The van der Waals surface area contributed by atoms with E-state index in [1.165, 1.54) is 31.3 Å². The second kappa shape index (κ2) is 8.07. The highest BCUT2D eigenvalue weighted by Crippen LogP contribution is 2.75. The van der Waals surface area contributed by atoms with Gasteiger partial charge in [0.1, 0.15) is 0 Å². The van der Waals surface area contributed by atoms with Crippen LogP contribution < -0.4 is 0 Å². The highest BCUT2D eigenvalue weighted by atomic mass is 16.3. The van der Waals surface area contributed by atoms with Crippen molar-refractivity contribution >= 4 is 0 Å². The van der Waals surface area contributed by atoms with E-state index >= 15 is 0 Å². The van der Waals surface area contributed by atoms with Crippen LogP contribution in [0.15, 0.2) is 11.6 Å². The van der Waals surface area contributed by atoms with Gasteiger partial charge in [0, 0.05) is 0 Å². The molecule has 4 unspecified atom stereocenters. The smallest absolute Gasteiger partial charge is 0.0594 e. The second-order valence-electron chi connectivity index (χ2n) is 14.6. The van der Waals surface area contributed by atoms with E-state index < -0.39 is 5.60 Å². The van der Waals surface area contributed by atoms with Gasteiger partial charge in [-0.25, -0.2) is 0 Å². The number of allylic oxidation sites excluding steroid dienone is 2. The zero-order chi connectivity index (χ0) is 24.6. The molecule has 0 aromatic heterocycles. The Morgan fingerprint density at radius 3 is 2.18 bits per heavy atom. The molecular weight excluding hydrogens is 408 g/mol. The molecule has 3 N–H and O–H groups in total. The Hall–Kier alpha value is -0.380. The SMILES string of the molecule is C/C(=C\CCC(C)(C)O)C1CC[C@]2(C)C1[C@H](O)CC1[C@@]3(C)CC[C@H](O)C(C)(C)C3CC[C@]12C. The Balaban J connectivity index is 1.64. The van der Waals surface area contributed by atoms with E-state index in [2.05, 4.69) is 47.6 Å². The van der Waals surface area contributed by atoms with Crippen molar-refractivity contribution in [1.82, 2.24) is 0 Å². The summed E-state index contributed by atoms with van der Waals surface area (Å²) in [5, 5.41) is 32.7. The average molecular weight is 461 g/mol. The fourth-order valence-corrected chi connectivity index (χ4v) is 10.1. The highest BCUT2D eigenvalue weighted by molar-refractivity contribution is 5.22. The summed E-state index contributed by atoms with van der Waals surface area (Å²) in [6.45, 7) is 18.2. The molecule has 0 saturated heterocycles. The van der Waals surface area contributed by atoms with E-state index in [4.69, 9.17) is 0 Å².